The number of rotatable bonds is 4. The van der Waals surface area contributed by atoms with Crippen LogP contribution in [-0.2, 0) is 10.0 Å². The van der Waals surface area contributed by atoms with Gasteiger partial charge in [-0.15, -0.1) is 0 Å². The molecule has 1 fully saturated rings. The summed E-state index contributed by atoms with van der Waals surface area (Å²) in [6.07, 6.45) is 1.15. The van der Waals surface area contributed by atoms with Crippen LogP contribution in [0.4, 0.5) is 5.88 Å². The fourth-order valence-electron chi connectivity index (χ4n) is 3.53. The summed E-state index contributed by atoms with van der Waals surface area (Å²) in [5.41, 5.74) is 0.893. The Hall–Kier alpha value is -2.37. The molecular formula is C19H24N4O3S. The first-order valence-corrected chi connectivity index (χ1v) is 10.3. The monoisotopic (exact) mass is 388 g/mol. The zero-order valence-electron chi connectivity index (χ0n) is 16.0. The Labute approximate surface area is 160 Å². The molecule has 2 aromatic rings. The summed E-state index contributed by atoms with van der Waals surface area (Å²) >= 11 is 0. The van der Waals surface area contributed by atoms with Gasteiger partial charge in [0.25, 0.3) is 0 Å². The molecule has 1 saturated heterocycles. The third-order valence-corrected chi connectivity index (χ3v) is 6.58. The number of sulfonamides is 1. The molecule has 1 aliphatic rings. The molecule has 7 nitrogen and oxygen atoms in total. The van der Waals surface area contributed by atoms with Gasteiger partial charge in [-0.05, 0) is 42.5 Å². The van der Waals surface area contributed by atoms with Crippen molar-refractivity contribution in [3.05, 3.63) is 30.0 Å². The zero-order chi connectivity index (χ0) is 19.8. The van der Waals surface area contributed by atoms with Crippen LogP contribution in [0.15, 0.2) is 33.6 Å². The predicted molar refractivity (Wildman–Crippen MR) is 103 cm³/mol. The number of oxazole rings is 1. The molecule has 1 aromatic carbocycles. The van der Waals surface area contributed by atoms with Crippen LogP contribution in [0.3, 0.4) is 0 Å². The van der Waals surface area contributed by atoms with Gasteiger partial charge in [-0.25, -0.2) is 12.7 Å². The Balaban J connectivity index is 1.93. The van der Waals surface area contributed by atoms with Crippen LogP contribution in [0.25, 0.3) is 11.5 Å². The van der Waals surface area contributed by atoms with E-state index in [4.69, 9.17) is 4.42 Å². The highest BCUT2D eigenvalue weighted by Crippen LogP contribution is 2.32. The lowest BCUT2D eigenvalue weighted by Crippen LogP contribution is -2.38. The molecule has 0 spiro atoms. The highest BCUT2D eigenvalue weighted by molar-refractivity contribution is 7.89. The molecule has 8 heteroatoms. The summed E-state index contributed by atoms with van der Waals surface area (Å²) in [6, 6.07) is 8.45. The third-order valence-electron chi connectivity index (χ3n) is 4.75. The summed E-state index contributed by atoms with van der Waals surface area (Å²) in [4.78, 5) is 6.60. The number of hydrogen-bond acceptors (Lipinski definition) is 6. The molecule has 0 bridgehead atoms. The van der Waals surface area contributed by atoms with E-state index in [1.165, 1.54) is 26.2 Å². The maximum absolute atomic E-state index is 12.2. The predicted octanol–water partition coefficient (Wildman–Crippen LogP) is 2.95. The van der Waals surface area contributed by atoms with E-state index in [2.05, 4.69) is 29.8 Å². The Morgan fingerprint density at radius 1 is 1.19 bits per heavy atom. The largest absolute Gasteiger partial charge is 0.419 e. The highest BCUT2D eigenvalue weighted by Gasteiger charge is 2.28. The van der Waals surface area contributed by atoms with Crippen molar-refractivity contribution >= 4 is 15.9 Å². The van der Waals surface area contributed by atoms with Crippen molar-refractivity contribution in [3.8, 4) is 17.5 Å². The van der Waals surface area contributed by atoms with Gasteiger partial charge in [-0.2, -0.15) is 10.2 Å². The van der Waals surface area contributed by atoms with E-state index in [-0.39, 0.29) is 10.6 Å². The third kappa shape index (κ3) is 3.84. The van der Waals surface area contributed by atoms with E-state index in [0.717, 1.165) is 23.8 Å². The summed E-state index contributed by atoms with van der Waals surface area (Å²) in [5, 5.41) is 9.47. The van der Waals surface area contributed by atoms with E-state index in [9.17, 15) is 13.7 Å². The average Bonchev–Trinajstić information content (AvgIpc) is 3.05. The molecule has 27 heavy (non-hydrogen) atoms. The molecule has 0 radical (unpaired) electrons. The van der Waals surface area contributed by atoms with Crippen molar-refractivity contribution in [1.82, 2.24) is 9.29 Å². The van der Waals surface area contributed by atoms with Gasteiger partial charge in [0, 0.05) is 32.7 Å². The Bertz CT molecular complexity index is 948. The van der Waals surface area contributed by atoms with Gasteiger partial charge >= 0.3 is 0 Å². The van der Waals surface area contributed by atoms with Crippen LogP contribution >= 0.6 is 0 Å². The first-order chi connectivity index (χ1) is 12.7. The molecule has 2 atom stereocenters. The summed E-state index contributed by atoms with van der Waals surface area (Å²) in [5.74, 6) is 1.85. The van der Waals surface area contributed by atoms with E-state index in [1.54, 1.807) is 12.1 Å². The lowest BCUT2D eigenvalue weighted by Gasteiger charge is -2.34. The quantitative estimate of drug-likeness (QED) is 0.800. The lowest BCUT2D eigenvalue weighted by molar-refractivity contribution is 0.344. The molecule has 2 heterocycles. The molecule has 0 aliphatic carbocycles. The SMILES string of the molecule is C[C@@H]1C[C@@H](C)CN(c2oc(-c3ccc(S(=O)(=O)N(C)C)cc3)nc2C#N)C1. The summed E-state index contributed by atoms with van der Waals surface area (Å²) < 4.78 is 31.5. The zero-order valence-corrected chi connectivity index (χ0v) is 16.8. The van der Waals surface area contributed by atoms with Crippen molar-refractivity contribution in [2.24, 2.45) is 11.8 Å². The Morgan fingerprint density at radius 2 is 1.78 bits per heavy atom. The fraction of sp³-hybridized carbons (Fsp3) is 0.474. The Morgan fingerprint density at radius 3 is 2.30 bits per heavy atom. The normalized spacial score (nSPS) is 20.7. The molecule has 1 aliphatic heterocycles. The minimum absolute atomic E-state index is 0.196. The van der Waals surface area contributed by atoms with Crippen molar-refractivity contribution in [2.45, 2.75) is 25.2 Å². The number of benzene rings is 1. The summed E-state index contributed by atoms with van der Waals surface area (Å²) in [6.45, 7) is 6.03. The van der Waals surface area contributed by atoms with Crippen LogP contribution < -0.4 is 4.90 Å². The number of nitriles is 1. The molecule has 144 valence electrons. The van der Waals surface area contributed by atoms with Gasteiger partial charge in [0.2, 0.25) is 27.5 Å². The highest BCUT2D eigenvalue weighted by atomic mass is 32.2. The van der Waals surface area contributed by atoms with Gasteiger partial charge < -0.3 is 9.32 Å². The number of aromatic nitrogens is 1. The van der Waals surface area contributed by atoms with Gasteiger partial charge in [-0.3, -0.25) is 0 Å². The second-order valence-corrected chi connectivity index (χ2v) is 9.60. The molecule has 0 saturated carbocycles. The molecule has 0 N–H and O–H groups in total. The molecule has 0 unspecified atom stereocenters. The van der Waals surface area contributed by atoms with Crippen molar-refractivity contribution in [2.75, 3.05) is 32.1 Å². The van der Waals surface area contributed by atoms with E-state index >= 15 is 0 Å². The molecular weight excluding hydrogens is 364 g/mol. The van der Waals surface area contributed by atoms with E-state index in [1.807, 2.05) is 0 Å². The van der Waals surface area contributed by atoms with Crippen LogP contribution in [0.2, 0.25) is 0 Å². The molecule has 3 rings (SSSR count). The van der Waals surface area contributed by atoms with Crippen LogP contribution in [0.1, 0.15) is 26.0 Å². The second-order valence-electron chi connectivity index (χ2n) is 7.45. The van der Waals surface area contributed by atoms with Crippen molar-refractivity contribution < 1.29 is 12.8 Å². The number of nitrogens with zero attached hydrogens (tertiary/aromatic N) is 4. The van der Waals surface area contributed by atoms with Crippen LogP contribution in [0.5, 0.6) is 0 Å². The van der Waals surface area contributed by atoms with Gasteiger partial charge in [0.05, 0.1) is 4.90 Å². The first kappa shape index (κ1) is 19.4. The average molecular weight is 388 g/mol. The Kier molecular flexibility index (Phi) is 5.27. The van der Waals surface area contributed by atoms with Crippen LogP contribution in [0, 0.1) is 23.2 Å². The maximum Gasteiger partial charge on any atom is 0.242 e. The van der Waals surface area contributed by atoms with Gasteiger partial charge in [-0.1, -0.05) is 13.8 Å². The lowest BCUT2D eigenvalue weighted by atomic mass is 9.92. The second kappa shape index (κ2) is 7.33. The van der Waals surface area contributed by atoms with E-state index < -0.39 is 10.0 Å². The first-order valence-electron chi connectivity index (χ1n) is 8.91. The summed E-state index contributed by atoms with van der Waals surface area (Å²) in [7, 11) is -0.512. The minimum Gasteiger partial charge on any atom is -0.419 e. The fourth-order valence-corrected chi connectivity index (χ4v) is 4.43. The van der Waals surface area contributed by atoms with Crippen molar-refractivity contribution in [3.63, 3.8) is 0 Å². The van der Waals surface area contributed by atoms with Crippen molar-refractivity contribution in [1.29, 1.82) is 5.26 Å². The van der Waals surface area contributed by atoms with E-state index in [0.29, 0.717) is 29.2 Å². The molecule has 1 aromatic heterocycles. The maximum atomic E-state index is 12.2. The topological polar surface area (TPSA) is 90.4 Å². The number of piperidine rings is 1. The van der Waals surface area contributed by atoms with Crippen LogP contribution in [-0.4, -0.2) is 44.9 Å². The van der Waals surface area contributed by atoms with Gasteiger partial charge in [0.15, 0.2) is 0 Å². The number of anilines is 1. The molecule has 0 amide bonds. The smallest absolute Gasteiger partial charge is 0.242 e. The number of hydrogen-bond donors (Lipinski definition) is 0. The van der Waals surface area contributed by atoms with Gasteiger partial charge in [0.1, 0.15) is 6.07 Å². The minimum atomic E-state index is -3.49. The standard InChI is InChI=1S/C19H24N4O3S/c1-13-9-14(2)12-23(11-13)19-17(10-20)21-18(26-19)15-5-7-16(8-6-15)27(24,25)22(3)4/h5-8,13-14H,9,11-12H2,1-4H3/t13-,14-/m1/s1.